The second-order valence-electron chi connectivity index (χ2n) is 15.2. The Morgan fingerprint density at radius 2 is 0.611 bits per heavy atom. The molecule has 0 saturated carbocycles. The molecule has 72 heavy (non-hydrogen) atoms. The quantitative estimate of drug-likeness (QED) is 0.160. The number of hydrogen-bond donors (Lipinski definition) is 2. The molecule has 2 N–H and O–H groups in total. The zero-order chi connectivity index (χ0) is 51.7. The Morgan fingerprint density at radius 3 is 0.903 bits per heavy atom. The molecule has 0 fully saturated rings. The number of nitriles is 4. The number of nitrogens with zero attached hydrogens (tertiary/aromatic N) is 10. The van der Waals surface area contributed by atoms with Crippen molar-refractivity contribution >= 4 is 44.9 Å². The van der Waals surface area contributed by atoms with E-state index in [9.17, 15) is 73.7 Å². The largest absolute Gasteiger partial charge is 0.417 e. The van der Waals surface area contributed by atoms with E-state index in [0.29, 0.717) is 24.3 Å². The highest BCUT2D eigenvalue weighted by molar-refractivity contribution is 6.06. The van der Waals surface area contributed by atoms with Gasteiger partial charge in [-0.25, -0.2) is 29.9 Å². The molecule has 0 atom stereocenters. The van der Waals surface area contributed by atoms with Gasteiger partial charge in [0.05, 0.1) is 22.3 Å². The minimum atomic E-state index is -5.16. The monoisotopic (exact) mass is 990 g/mol. The molecule has 0 aliphatic carbocycles. The topological polar surface area (TPSA) is 204 Å². The average molecular weight is 991 g/mol. The summed E-state index contributed by atoms with van der Waals surface area (Å²) in [5.41, 5.74) is -18.0. The van der Waals surface area contributed by atoms with Crippen LogP contribution in [0.2, 0.25) is 0 Å². The fourth-order valence-electron chi connectivity index (χ4n) is 8.16. The van der Waals surface area contributed by atoms with Crippen LogP contribution in [0.25, 0.3) is 67.1 Å². The zero-order valence-electron chi connectivity index (χ0n) is 35.2. The van der Waals surface area contributed by atoms with Crippen LogP contribution in [0.3, 0.4) is 0 Å². The van der Waals surface area contributed by atoms with Crippen molar-refractivity contribution in [3.8, 4) is 46.5 Å². The second-order valence-corrected chi connectivity index (χ2v) is 15.2. The first-order valence-electron chi connectivity index (χ1n) is 20.2. The molecule has 7 aromatic rings. The van der Waals surface area contributed by atoms with Crippen molar-refractivity contribution in [1.29, 1.82) is 21.0 Å². The van der Waals surface area contributed by atoms with Crippen molar-refractivity contribution in [2.45, 2.75) is 24.7 Å². The van der Waals surface area contributed by atoms with Crippen LogP contribution in [0.5, 0.6) is 0 Å². The number of aromatic nitrogens is 8. The molecule has 5 heterocycles. The van der Waals surface area contributed by atoms with Gasteiger partial charge in [-0.2, -0.15) is 73.7 Å². The van der Waals surface area contributed by atoms with Gasteiger partial charge in [0.1, 0.15) is 57.8 Å². The van der Waals surface area contributed by atoms with E-state index in [2.05, 4.69) is 39.9 Å². The van der Waals surface area contributed by atoms with Gasteiger partial charge < -0.3 is 9.97 Å². The van der Waals surface area contributed by atoms with E-state index in [4.69, 9.17) is 0 Å². The van der Waals surface area contributed by atoms with Crippen LogP contribution in [0.15, 0.2) is 97.1 Å². The molecule has 4 aromatic carbocycles. The number of nitrogens with one attached hydrogen (secondary N) is 2. The van der Waals surface area contributed by atoms with Gasteiger partial charge in [-0.15, -0.1) is 0 Å². The highest BCUT2D eigenvalue weighted by Gasteiger charge is 2.41. The molecule has 8 bridgehead atoms. The minimum absolute atomic E-state index is 0.622. The van der Waals surface area contributed by atoms with E-state index in [-0.39, 0.29) is 0 Å². The zero-order valence-corrected chi connectivity index (χ0v) is 35.2. The molecule has 3 aromatic heterocycles. The number of benzene rings is 4. The Morgan fingerprint density at radius 1 is 0.333 bits per heavy atom. The maximum Gasteiger partial charge on any atom is 0.417 e. The Balaban J connectivity index is 1.57. The normalized spacial score (nSPS) is 13.1. The molecule has 9 rings (SSSR count). The summed E-state index contributed by atoms with van der Waals surface area (Å²) >= 11 is 0. The van der Waals surface area contributed by atoms with Crippen LogP contribution in [0.1, 0.15) is 67.8 Å². The number of fused-ring (bicyclic) bond motifs is 8. The predicted octanol–water partition coefficient (Wildman–Crippen LogP) is 12.0. The van der Waals surface area contributed by atoms with Crippen molar-refractivity contribution < 1.29 is 52.7 Å². The first-order chi connectivity index (χ1) is 34.1. The predicted molar refractivity (Wildman–Crippen MR) is 228 cm³/mol. The molecule has 0 unspecified atom stereocenters. The van der Waals surface area contributed by atoms with Gasteiger partial charge in [0.2, 0.25) is 0 Å². The SMILES string of the molecule is N#CC1=C(c2ccccc2C(F)(F)F)c2nc1nc1[nH]c(nc3nc(nc4[nH]c(n2)c(C#N)c4-c2ccccc2C(F)(F)F)C(C#N)=C3c2ccccc2C(F)(F)F)c(C#N)c1-c1ccccc1C(F)(F)F. The Bertz CT molecular complexity index is 3630. The lowest BCUT2D eigenvalue weighted by molar-refractivity contribution is -0.138. The summed E-state index contributed by atoms with van der Waals surface area (Å²) in [6.07, 6.45) is -20.6. The summed E-state index contributed by atoms with van der Waals surface area (Å²) < 4.78 is 177. The third kappa shape index (κ3) is 8.06. The summed E-state index contributed by atoms with van der Waals surface area (Å²) in [6, 6.07) is 21.4. The maximum absolute atomic E-state index is 14.8. The summed E-state index contributed by atoms with van der Waals surface area (Å²) in [5, 5.41) is 42.9. The molecule has 0 radical (unpaired) electrons. The van der Waals surface area contributed by atoms with Crippen molar-refractivity contribution in [2.75, 3.05) is 0 Å². The number of alkyl halides is 12. The second kappa shape index (κ2) is 17.1. The van der Waals surface area contributed by atoms with Crippen molar-refractivity contribution in [1.82, 2.24) is 39.9 Å². The number of halogens is 12. The molecule has 0 saturated heterocycles. The van der Waals surface area contributed by atoms with Gasteiger partial charge in [-0.05, 0) is 46.5 Å². The van der Waals surface area contributed by atoms with Gasteiger partial charge in [-0.3, -0.25) is 0 Å². The van der Waals surface area contributed by atoms with Gasteiger partial charge >= 0.3 is 24.7 Å². The Kier molecular flexibility index (Phi) is 11.2. The molecule has 354 valence electrons. The van der Waals surface area contributed by atoms with Crippen molar-refractivity contribution in [3.05, 3.63) is 165 Å². The average Bonchev–Trinajstić information content (AvgIpc) is 4.06. The number of H-pyrrole nitrogens is 2. The summed E-state index contributed by atoms with van der Waals surface area (Å²) in [4.78, 5) is 30.6. The third-order valence-electron chi connectivity index (χ3n) is 11.1. The standard InChI is InChI=1S/C48H18F12N12/c49-45(50,51)29-13-5-1-9-21(29)33-25(17-61)37-65-41(33)69-38-26(18-62)34(22-10-2-6-14-30(22)46(52,53)54)43(66-38)71-40-28(20-64)36(24-12-4-8-16-32(24)48(58,59)60)44(68-40)72-39-27(19-63)35(42(67-39)70-37)23-11-3-7-15-31(23)47(55,56)57/h1-16H,(H2,65,66,67,68,69,70,71,72). The lowest BCUT2D eigenvalue weighted by Gasteiger charge is -2.13. The lowest BCUT2D eigenvalue weighted by atomic mass is 9.95. The van der Waals surface area contributed by atoms with E-state index in [0.717, 1.165) is 72.8 Å². The maximum atomic E-state index is 14.8. The summed E-state index contributed by atoms with van der Waals surface area (Å²) in [6.45, 7) is 0. The summed E-state index contributed by atoms with van der Waals surface area (Å²) in [5.74, 6) is -3.51. The fourth-order valence-corrected chi connectivity index (χ4v) is 8.16. The molecular weight excluding hydrogens is 973 g/mol. The highest BCUT2D eigenvalue weighted by atomic mass is 19.4. The van der Waals surface area contributed by atoms with E-state index in [1.54, 1.807) is 24.3 Å². The Labute approximate surface area is 393 Å². The van der Waals surface area contributed by atoms with Gasteiger partial charge in [-0.1, -0.05) is 72.8 Å². The molecule has 0 amide bonds. The minimum Gasteiger partial charge on any atom is -0.323 e. The van der Waals surface area contributed by atoms with E-state index in [1.165, 1.54) is 0 Å². The smallest absolute Gasteiger partial charge is 0.323 e. The molecule has 24 heteroatoms. The van der Waals surface area contributed by atoms with Crippen molar-refractivity contribution in [3.63, 3.8) is 0 Å². The molecular formula is C48H18F12N12. The van der Waals surface area contributed by atoms with Crippen LogP contribution in [-0.4, -0.2) is 39.9 Å². The van der Waals surface area contributed by atoms with Crippen molar-refractivity contribution in [2.24, 2.45) is 0 Å². The molecule has 2 aliphatic rings. The highest BCUT2D eigenvalue weighted by Crippen LogP contribution is 2.46. The molecule has 2 aliphatic heterocycles. The van der Waals surface area contributed by atoms with Crippen LogP contribution in [0.4, 0.5) is 52.7 Å². The fraction of sp³-hybridized carbons (Fsp3) is 0.0833. The van der Waals surface area contributed by atoms with E-state index in [1.807, 2.05) is 0 Å². The van der Waals surface area contributed by atoms with Crippen LogP contribution in [0, 0.1) is 45.3 Å². The van der Waals surface area contributed by atoms with Crippen LogP contribution >= 0.6 is 0 Å². The first kappa shape index (κ1) is 47.4. The molecule has 12 nitrogen and oxygen atoms in total. The number of allylic oxidation sites excluding steroid dienone is 2. The molecule has 0 spiro atoms. The van der Waals surface area contributed by atoms with E-state index < -0.39 is 160 Å². The number of hydrogen-bond acceptors (Lipinski definition) is 10. The number of rotatable bonds is 4. The first-order valence-corrected chi connectivity index (χ1v) is 20.2. The van der Waals surface area contributed by atoms with Gasteiger partial charge in [0.15, 0.2) is 34.6 Å². The van der Waals surface area contributed by atoms with Gasteiger partial charge in [0, 0.05) is 22.3 Å². The summed E-state index contributed by atoms with van der Waals surface area (Å²) in [7, 11) is 0. The third-order valence-corrected chi connectivity index (χ3v) is 11.1. The van der Waals surface area contributed by atoms with E-state index >= 15 is 0 Å². The lowest BCUT2D eigenvalue weighted by Crippen LogP contribution is -2.09. The van der Waals surface area contributed by atoms with Gasteiger partial charge in [0.25, 0.3) is 0 Å². The Hall–Kier alpha value is -9.68. The number of aromatic amines is 2. The van der Waals surface area contributed by atoms with Crippen LogP contribution < -0.4 is 0 Å². The van der Waals surface area contributed by atoms with Crippen LogP contribution in [-0.2, 0) is 24.7 Å².